The average Bonchev–Trinajstić information content (AvgIpc) is 1.12. The molecule has 0 saturated carbocycles. The molecule has 0 aliphatic heterocycles. The molecule has 0 unspecified atom stereocenters. The van der Waals surface area contributed by atoms with Gasteiger partial charge in [-0.15, -0.1) is 0 Å². The summed E-state index contributed by atoms with van der Waals surface area (Å²) in [5.41, 5.74) is 0. The van der Waals surface area contributed by atoms with Crippen molar-refractivity contribution in [2.24, 2.45) is 0 Å². The second kappa shape index (κ2) is 8.95. The summed E-state index contributed by atoms with van der Waals surface area (Å²) in [5, 5.41) is 0. The Kier molecular flexibility index (Phi) is 17.4. The summed E-state index contributed by atoms with van der Waals surface area (Å²) < 4.78 is 17.2. The van der Waals surface area contributed by atoms with E-state index in [4.69, 9.17) is 38.5 Å². The molecule has 1 N–H and O–H groups in total. The third kappa shape index (κ3) is 647. The molecule has 0 aromatic carbocycles. The van der Waals surface area contributed by atoms with Crippen molar-refractivity contribution < 1.29 is 58.0 Å². The van der Waals surface area contributed by atoms with E-state index < -0.39 is 15.6 Å². The minimum Gasteiger partial charge on any atom is -0.822 e. The Hall–Kier alpha value is 1.38. The predicted octanol–water partition coefficient (Wildman–Crippen LogP) is -5.40. The summed E-state index contributed by atoms with van der Waals surface area (Å²) in [5.74, 6) is 0. The number of hydrogen-bond donors (Lipinski definition) is 1. The minimum absolute atomic E-state index is 0. The van der Waals surface area contributed by atoms with Crippen LogP contribution in [0, 0.1) is 0 Å². The van der Waals surface area contributed by atoms with Gasteiger partial charge in [-0.3, -0.25) is 0 Å². The van der Waals surface area contributed by atoms with Crippen LogP contribution < -0.4 is 24.5 Å². The minimum atomic E-state index is -5.39. The van der Waals surface area contributed by atoms with Crippen molar-refractivity contribution >= 4 is 33.0 Å². The van der Waals surface area contributed by atoms with Gasteiger partial charge in [-0.25, -0.2) is 0 Å². The standard InChI is InChI=1S/Al.2H3O4P.Zn/c;2*1-5(2,3)4;/h;2*(H3,1,2,3,4);/q+3;;;+2/p-5. The molecule has 0 aromatic rings. The maximum Gasteiger partial charge on any atom is 3.00 e. The second-order valence-corrected chi connectivity index (χ2v) is 2.75. The summed E-state index contributed by atoms with van der Waals surface area (Å²) in [6, 6.07) is 0. The maximum absolute atomic E-state index is 8.66. The summed E-state index contributed by atoms with van der Waals surface area (Å²) in [6.45, 7) is 0. The topological polar surface area (TPSA) is 170 Å². The van der Waals surface area contributed by atoms with Crippen LogP contribution in [0.25, 0.3) is 0 Å². The fourth-order valence-corrected chi connectivity index (χ4v) is 0. The zero-order valence-electron chi connectivity index (χ0n) is 5.48. The largest absolute Gasteiger partial charge is 3.00 e. The van der Waals surface area contributed by atoms with Crippen molar-refractivity contribution in [1.82, 2.24) is 0 Å². The van der Waals surface area contributed by atoms with Crippen molar-refractivity contribution in [2.75, 3.05) is 0 Å². The van der Waals surface area contributed by atoms with E-state index in [2.05, 4.69) is 0 Å². The van der Waals surface area contributed by atoms with Crippen molar-refractivity contribution in [1.29, 1.82) is 0 Å². The quantitative estimate of drug-likeness (QED) is 0.339. The number of phosphoric acid groups is 2. The van der Waals surface area contributed by atoms with Crippen LogP contribution in [0.1, 0.15) is 0 Å². The molecule has 64 valence electrons. The van der Waals surface area contributed by atoms with E-state index in [0.29, 0.717) is 0 Å². The number of rotatable bonds is 0. The van der Waals surface area contributed by atoms with Gasteiger partial charge in [0, 0.05) is 0 Å². The molecule has 0 fully saturated rings. The third-order valence-electron chi connectivity index (χ3n) is 0. The summed E-state index contributed by atoms with van der Waals surface area (Å²) in [6.07, 6.45) is 0. The molecule has 0 radical (unpaired) electrons. The van der Waals surface area contributed by atoms with Crippen LogP contribution in [-0.2, 0) is 28.6 Å². The van der Waals surface area contributed by atoms with E-state index in [1.165, 1.54) is 0 Å². The predicted molar refractivity (Wildman–Crippen MR) is 23.2 cm³/mol. The van der Waals surface area contributed by atoms with Gasteiger partial charge in [0.25, 0.3) is 0 Å². The molecule has 0 spiro atoms. The Morgan fingerprint density at radius 2 is 0.917 bits per heavy atom. The first-order valence-electron chi connectivity index (χ1n) is 1.48. The molecule has 0 aliphatic rings. The monoisotopic (exact) mass is 282 g/mol. The molecule has 0 bridgehead atoms. The van der Waals surface area contributed by atoms with Crippen LogP contribution in [0.15, 0.2) is 0 Å². The van der Waals surface area contributed by atoms with Crippen LogP contribution >= 0.6 is 15.6 Å². The van der Waals surface area contributed by atoms with Crippen LogP contribution in [0.3, 0.4) is 0 Å². The molecule has 0 aromatic heterocycles. The van der Waals surface area contributed by atoms with Gasteiger partial charge in [-0.05, 0) is 0 Å². The smallest absolute Gasteiger partial charge is 0.822 e. The molecular formula is HAlO8P2Zn. The van der Waals surface area contributed by atoms with Gasteiger partial charge in [0.2, 0.25) is 0 Å². The van der Waals surface area contributed by atoms with E-state index in [-0.39, 0.29) is 36.8 Å². The Labute approximate surface area is 91.0 Å². The van der Waals surface area contributed by atoms with Gasteiger partial charge < -0.3 is 38.5 Å². The van der Waals surface area contributed by atoms with Gasteiger partial charge in [0.15, 0.2) is 0 Å². The summed E-state index contributed by atoms with van der Waals surface area (Å²) >= 11 is 0. The van der Waals surface area contributed by atoms with Crippen LogP contribution in [-0.4, -0.2) is 22.3 Å². The van der Waals surface area contributed by atoms with Gasteiger partial charge in [0.1, 0.15) is 0 Å². The van der Waals surface area contributed by atoms with Crippen molar-refractivity contribution in [3.63, 3.8) is 0 Å². The maximum atomic E-state index is 8.66. The van der Waals surface area contributed by atoms with Crippen LogP contribution in [0.2, 0.25) is 0 Å². The first-order valence-corrected chi connectivity index (χ1v) is 4.43. The molecule has 0 saturated heterocycles. The molecule has 0 amide bonds. The zero-order chi connectivity index (χ0) is 9.00. The zero-order valence-corrected chi connectivity index (χ0v) is 11.4. The van der Waals surface area contributed by atoms with Gasteiger partial charge in [0.05, 0.1) is 7.82 Å². The van der Waals surface area contributed by atoms with Crippen molar-refractivity contribution in [2.45, 2.75) is 0 Å². The van der Waals surface area contributed by atoms with Crippen LogP contribution in [0.4, 0.5) is 0 Å². The fourth-order valence-electron chi connectivity index (χ4n) is 0. The Bertz CT molecular complexity index is 129. The Morgan fingerprint density at radius 3 is 0.917 bits per heavy atom. The molecule has 8 nitrogen and oxygen atoms in total. The Morgan fingerprint density at radius 1 is 0.917 bits per heavy atom. The van der Waals surface area contributed by atoms with E-state index in [1.54, 1.807) is 0 Å². The fraction of sp³-hybridized carbons (Fsp3) is 0. The van der Waals surface area contributed by atoms with E-state index >= 15 is 0 Å². The molecular weight excluding hydrogens is 282 g/mol. The van der Waals surface area contributed by atoms with Crippen molar-refractivity contribution in [3.05, 3.63) is 0 Å². The van der Waals surface area contributed by atoms with E-state index in [1.807, 2.05) is 0 Å². The molecule has 0 atom stereocenters. The molecule has 12 heteroatoms. The molecule has 12 heavy (non-hydrogen) atoms. The number of hydrogen-bond acceptors (Lipinski definition) is 7. The first kappa shape index (κ1) is 23.3. The van der Waals surface area contributed by atoms with Gasteiger partial charge in [-0.1, -0.05) is 0 Å². The van der Waals surface area contributed by atoms with E-state index in [9.17, 15) is 0 Å². The summed E-state index contributed by atoms with van der Waals surface area (Å²) in [4.78, 5) is 49.9. The third-order valence-corrected chi connectivity index (χ3v) is 0. The van der Waals surface area contributed by atoms with Gasteiger partial charge in [-0.2, -0.15) is 7.82 Å². The van der Waals surface area contributed by atoms with Crippen LogP contribution in [0.5, 0.6) is 0 Å². The molecule has 0 aliphatic carbocycles. The second-order valence-electron chi connectivity index (χ2n) is 0.916. The Balaban J connectivity index is -0.0000000457. The van der Waals surface area contributed by atoms with Gasteiger partial charge >= 0.3 is 36.8 Å². The van der Waals surface area contributed by atoms with Crippen molar-refractivity contribution in [3.8, 4) is 0 Å². The molecule has 0 heterocycles. The molecule has 0 rings (SSSR count). The first-order chi connectivity index (χ1) is 4.00. The summed E-state index contributed by atoms with van der Waals surface area (Å²) in [7, 11) is -10.5. The normalized spacial score (nSPS) is 9.83. The average molecular weight is 283 g/mol. The SMILES string of the molecule is O=P([O-])([O-])O.O=P([O-])([O-])[O-].[Al+3].[Zn+2]. The van der Waals surface area contributed by atoms with E-state index in [0.717, 1.165) is 0 Å².